The minimum Gasteiger partial charge on any atom is -0.355 e. The maximum atomic E-state index is 12.4. The molecule has 0 aromatic carbocycles. The number of amides is 1. The highest BCUT2D eigenvalue weighted by molar-refractivity contribution is 5.94. The molecule has 132 valence electrons. The van der Waals surface area contributed by atoms with Gasteiger partial charge in [0, 0.05) is 57.2 Å². The zero-order valence-corrected chi connectivity index (χ0v) is 14.4. The summed E-state index contributed by atoms with van der Waals surface area (Å²) in [7, 11) is 0. The molecule has 2 aliphatic rings. The van der Waals surface area contributed by atoms with Crippen LogP contribution in [0, 0.1) is 12.3 Å². The fourth-order valence-corrected chi connectivity index (χ4v) is 2.95. The molecule has 1 aromatic heterocycles. The highest BCUT2D eigenvalue weighted by Gasteiger charge is 2.38. The number of pyridine rings is 1. The van der Waals surface area contributed by atoms with Crippen LogP contribution in [-0.2, 0) is 0 Å². The van der Waals surface area contributed by atoms with Gasteiger partial charge in [-0.3, -0.25) is 4.79 Å². The lowest BCUT2D eigenvalue weighted by Gasteiger charge is -2.21. The number of anilines is 1. The Morgan fingerprint density at radius 2 is 2.24 bits per heavy atom. The van der Waals surface area contributed by atoms with E-state index in [0.717, 1.165) is 44.8 Å². The summed E-state index contributed by atoms with van der Waals surface area (Å²) in [5.74, 6) is 3.37. The summed E-state index contributed by atoms with van der Waals surface area (Å²) in [6.07, 6.45) is 10.2. The van der Waals surface area contributed by atoms with Gasteiger partial charge in [0.2, 0.25) is 0 Å². The maximum absolute atomic E-state index is 12.4. The molecule has 1 fully saturated rings. The highest BCUT2D eigenvalue weighted by atomic mass is 16.1. The van der Waals surface area contributed by atoms with Gasteiger partial charge in [-0.1, -0.05) is 0 Å². The van der Waals surface area contributed by atoms with Gasteiger partial charge in [0.15, 0.2) is 5.66 Å². The first kappa shape index (κ1) is 17.4. The second-order valence-electron chi connectivity index (χ2n) is 6.39. The van der Waals surface area contributed by atoms with Crippen LogP contribution in [0.4, 0.5) is 5.82 Å². The van der Waals surface area contributed by atoms with E-state index in [9.17, 15) is 4.79 Å². The number of nitrogens with one attached hydrogen (secondary N) is 2. The standard InChI is InChI=1S/C18H24N6O/c1-2-3-6-18(22-23-18)7-10-21-17(25)15-5-9-20-16(14-15)24-12-4-8-19-11-13-24/h1,5,9,14,19H,3-4,6-8,10-13H2,(H,21,25). The third-order valence-electron chi connectivity index (χ3n) is 4.54. The van der Waals surface area contributed by atoms with E-state index in [1.54, 1.807) is 12.3 Å². The van der Waals surface area contributed by atoms with E-state index in [-0.39, 0.29) is 11.6 Å². The third-order valence-corrected chi connectivity index (χ3v) is 4.54. The van der Waals surface area contributed by atoms with Crippen molar-refractivity contribution < 1.29 is 4.79 Å². The Balaban J connectivity index is 1.52. The highest BCUT2D eigenvalue weighted by Crippen LogP contribution is 2.36. The molecule has 0 radical (unpaired) electrons. The minimum absolute atomic E-state index is 0.0932. The van der Waals surface area contributed by atoms with E-state index in [2.05, 4.69) is 36.7 Å². The van der Waals surface area contributed by atoms with Gasteiger partial charge >= 0.3 is 0 Å². The van der Waals surface area contributed by atoms with Crippen LogP contribution in [0.1, 0.15) is 36.0 Å². The van der Waals surface area contributed by atoms with Crippen LogP contribution in [0.3, 0.4) is 0 Å². The van der Waals surface area contributed by atoms with Crippen molar-refractivity contribution in [2.75, 3.05) is 37.6 Å². The molecule has 0 saturated carbocycles. The van der Waals surface area contributed by atoms with Crippen molar-refractivity contribution in [3.8, 4) is 12.3 Å². The monoisotopic (exact) mass is 340 g/mol. The fourth-order valence-electron chi connectivity index (χ4n) is 2.95. The van der Waals surface area contributed by atoms with Gasteiger partial charge in [0.05, 0.1) is 0 Å². The number of carbonyl (C=O) groups is 1. The predicted molar refractivity (Wildman–Crippen MR) is 96.5 cm³/mol. The van der Waals surface area contributed by atoms with Gasteiger partial charge in [0.25, 0.3) is 5.91 Å². The Kier molecular flexibility index (Phi) is 5.61. The number of hydrogen-bond donors (Lipinski definition) is 2. The molecule has 1 amide bonds. The van der Waals surface area contributed by atoms with E-state index in [0.29, 0.717) is 24.9 Å². The number of terminal acetylenes is 1. The first-order valence-electron chi connectivity index (χ1n) is 8.80. The number of carbonyl (C=O) groups excluding carboxylic acids is 1. The van der Waals surface area contributed by atoms with E-state index in [1.807, 2.05) is 6.07 Å². The van der Waals surface area contributed by atoms with Gasteiger partial charge in [-0.2, -0.15) is 10.2 Å². The second kappa shape index (κ2) is 8.08. The summed E-state index contributed by atoms with van der Waals surface area (Å²) < 4.78 is 0. The summed E-state index contributed by atoms with van der Waals surface area (Å²) >= 11 is 0. The topological polar surface area (TPSA) is 82.0 Å². The molecule has 0 spiro atoms. The van der Waals surface area contributed by atoms with Gasteiger partial charge in [-0.25, -0.2) is 4.98 Å². The largest absolute Gasteiger partial charge is 0.355 e. The fraction of sp³-hybridized carbons (Fsp3) is 0.556. The zero-order valence-electron chi connectivity index (χ0n) is 14.4. The van der Waals surface area contributed by atoms with Crippen molar-refractivity contribution in [3.05, 3.63) is 23.9 Å². The normalized spacial score (nSPS) is 18.3. The Labute approximate surface area is 148 Å². The first-order chi connectivity index (χ1) is 12.2. The van der Waals surface area contributed by atoms with Crippen molar-refractivity contribution >= 4 is 11.7 Å². The molecule has 1 saturated heterocycles. The summed E-state index contributed by atoms with van der Waals surface area (Å²) in [5, 5.41) is 14.5. The Hall–Kier alpha value is -2.46. The van der Waals surface area contributed by atoms with Crippen molar-refractivity contribution in [2.45, 2.75) is 31.3 Å². The molecule has 0 aliphatic carbocycles. The van der Waals surface area contributed by atoms with Gasteiger partial charge in [-0.05, 0) is 25.1 Å². The molecule has 7 nitrogen and oxygen atoms in total. The predicted octanol–water partition coefficient (Wildman–Crippen LogP) is 1.58. The lowest BCUT2D eigenvalue weighted by atomic mass is 10.0. The zero-order chi connectivity index (χ0) is 17.5. The molecule has 0 bridgehead atoms. The summed E-state index contributed by atoms with van der Waals surface area (Å²) in [5.41, 5.74) is 0.270. The minimum atomic E-state index is -0.359. The van der Waals surface area contributed by atoms with Crippen LogP contribution in [0.2, 0.25) is 0 Å². The molecule has 25 heavy (non-hydrogen) atoms. The van der Waals surface area contributed by atoms with Gasteiger partial charge in [0.1, 0.15) is 5.82 Å². The number of nitrogens with zero attached hydrogens (tertiary/aromatic N) is 4. The Morgan fingerprint density at radius 1 is 1.36 bits per heavy atom. The van der Waals surface area contributed by atoms with Gasteiger partial charge < -0.3 is 15.5 Å². The summed E-state index contributed by atoms with van der Waals surface area (Å²) in [6.45, 7) is 4.34. The lowest BCUT2D eigenvalue weighted by Crippen LogP contribution is -2.30. The van der Waals surface area contributed by atoms with E-state index < -0.39 is 0 Å². The Morgan fingerprint density at radius 3 is 3.04 bits per heavy atom. The Bertz CT molecular complexity index is 666. The number of rotatable bonds is 7. The van der Waals surface area contributed by atoms with Crippen molar-refractivity contribution in [1.82, 2.24) is 15.6 Å². The smallest absolute Gasteiger partial charge is 0.251 e. The molecular formula is C18H24N6O. The SMILES string of the molecule is C#CCCC1(CCNC(=O)c2ccnc(N3CCCNCC3)c2)N=N1. The molecular weight excluding hydrogens is 316 g/mol. The molecule has 3 rings (SSSR count). The van der Waals surface area contributed by atoms with Crippen LogP contribution in [0.25, 0.3) is 0 Å². The molecule has 2 N–H and O–H groups in total. The first-order valence-corrected chi connectivity index (χ1v) is 8.80. The third kappa shape index (κ3) is 4.77. The maximum Gasteiger partial charge on any atom is 0.251 e. The summed E-state index contributed by atoms with van der Waals surface area (Å²) in [4.78, 5) is 19.0. The van der Waals surface area contributed by atoms with E-state index in [1.165, 1.54) is 0 Å². The van der Waals surface area contributed by atoms with Crippen LogP contribution in [0.5, 0.6) is 0 Å². The van der Waals surface area contributed by atoms with Crippen molar-refractivity contribution in [3.63, 3.8) is 0 Å². The lowest BCUT2D eigenvalue weighted by molar-refractivity contribution is 0.0952. The van der Waals surface area contributed by atoms with Crippen molar-refractivity contribution in [1.29, 1.82) is 0 Å². The van der Waals surface area contributed by atoms with Crippen LogP contribution in [0.15, 0.2) is 28.6 Å². The number of aromatic nitrogens is 1. The van der Waals surface area contributed by atoms with Crippen LogP contribution in [-0.4, -0.2) is 49.3 Å². The van der Waals surface area contributed by atoms with Crippen LogP contribution >= 0.6 is 0 Å². The van der Waals surface area contributed by atoms with Crippen LogP contribution < -0.4 is 15.5 Å². The number of hydrogen-bond acceptors (Lipinski definition) is 6. The van der Waals surface area contributed by atoms with E-state index >= 15 is 0 Å². The average molecular weight is 340 g/mol. The van der Waals surface area contributed by atoms with Gasteiger partial charge in [-0.15, -0.1) is 12.3 Å². The quantitative estimate of drug-likeness (QED) is 0.738. The summed E-state index contributed by atoms with van der Waals surface area (Å²) in [6, 6.07) is 3.61. The average Bonchev–Trinajstić information content (AvgIpc) is 3.44. The molecule has 2 aliphatic heterocycles. The van der Waals surface area contributed by atoms with Crippen molar-refractivity contribution in [2.24, 2.45) is 10.2 Å². The molecule has 1 aromatic rings. The molecule has 0 unspecified atom stereocenters. The van der Waals surface area contributed by atoms with E-state index in [4.69, 9.17) is 6.42 Å². The molecule has 0 atom stereocenters. The molecule has 7 heteroatoms. The molecule has 3 heterocycles. The second-order valence-corrected chi connectivity index (χ2v) is 6.39.